The monoisotopic (exact) mass is 337 g/mol. The smallest absolute Gasteiger partial charge is 0.278 e. The van der Waals surface area contributed by atoms with E-state index in [1.807, 2.05) is 23.6 Å². The first kappa shape index (κ1) is 10.2. The Labute approximate surface area is 104 Å². The molecule has 2 nitrogen and oxygen atoms in total. The van der Waals surface area contributed by atoms with Gasteiger partial charge >= 0.3 is 0 Å². The minimum absolute atomic E-state index is 0.642. The molecular formula is C9H5ClINOS. The summed E-state index contributed by atoms with van der Waals surface area (Å²) in [6.07, 6.45) is 1.71. The maximum Gasteiger partial charge on any atom is 0.278 e. The highest BCUT2D eigenvalue weighted by Gasteiger charge is 2.02. The fraction of sp³-hybridized carbons (Fsp3) is 0. The molecule has 0 atom stereocenters. The lowest BCUT2D eigenvalue weighted by Crippen LogP contribution is -1.83. The molecule has 0 radical (unpaired) electrons. The van der Waals surface area contributed by atoms with E-state index in [1.165, 1.54) is 11.3 Å². The van der Waals surface area contributed by atoms with Crippen LogP contribution in [0.5, 0.6) is 10.9 Å². The molecule has 0 aliphatic heterocycles. The van der Waals surface area contributed by atoms with Crippen molar-refractivity contribution in [2.75, 3.05) is 0 Å². The van der Waals surface area contributed by atoms with Crippen LogP contribution >= 0.6 is 45.5 Å². The number of hydrogen-bond acceptors (Lipinski definition) is 3. The van der Waals surface area contributed by atoms with Crippen LogP contribution in [0.1, 0.15) is 0 Å². The predicted octanol–water partition coefficient (Wildman–Crippen LogP) is 4.19. The summed E-state index contributed by atoms with van der Waals surface area (Å²) >= 11 is 9.51. The van der Waals surface area contributed by atoms with E-state index in [-0.39, 0.29) is 0 Å². The third kappa shape index (κ3) is 2.37. The number of hydrogen-bond donors (Lipinski definition) is 0. The zero-order valence-corrected chi connectivity index (χ0v) is 10.6. The van der Waals surface area contributed by atoms with Crippen molar-refractivity contribution in [3.8, 4) is 10.9 Å². The van der Waals surface area contributed by atoms with Crippen LogP contribution in [-0.2, 0) is 0 Å². The van der Waals surface area contributed by atoms with Crippen LogP contribution in [0.4, 0.5) is 0 Å². The molecule has 0 aliphatic rings. The van der Waals surface area contributed by atoms with E-state index >= 15 is 0 Å². The molecule has 0 unspecified atom stereocenters. The van der Waals surface area contributed by atoms with Crippen molar-refractivity contribution in [1.82, 2.24) is 4.98 Å². The Morgan fingerprint density at radius 1 is 1.43 bits per heavy atom. The minimum Gasteiger partial charge on any atom is -0.431 e. The van der Waals surface area contributed by atoms with E-state index in [0.717, 1.165) is 14.3 Å². The molecule has 2 aromatic rings. The third-order valence-corrected chi connectivity index (χ3v) is 3.69. The topological polar surface area (TPSA) is 22.1 Å². The highest BCUT2D eigenvalue weighted by molar-refractivity contribution is 14.1. The van der Waals surface area contributed by atoms with Crippen LogP contribution < -0.4 is 4.74 Å². The summed E-state index contributed by atoms with van der Waals surface area (Å²) in [6.45, 7) is 0. The number of benzene rings is 1. The van der Waals surface area contributed by atoms with Crippen LogP contribution in [0.15, 0.2) is 29.8 Å². The van der Waals surface area contributed by atoms with Gasteiger partial charge in [0, 0.05) is 15.1 Å². The highest BCUT2D eigenvalue weighted by Crippen LogP contribution is 2.27. The SMILES string of the molecule is Clc1ccc(Oc2nccs2)cc1I. The second-order valence-electron chi connectivity index (χ2n) is 2.48. The lowest BCUT2D eigenvalue weighted by atomic mass is 10.3. The van der Waals surface area contributed by atoms with E-state index in [1.54, 1.807) is 6.20 Å². The first-order chi connectivity index (χ1) is 6.75. The van der Waals surface area contributed by atoms with Gasteiger partial charge < -0.3 is 4.74 Å². The molecule has 0 fully saturated rings. The van der Waals surface area contributed by atoms with Crippen molar-refractivity contribution in [1.29, 1.82) is 0 Å². The van der Waals surface area contributed by atoms with Crippen LogP contribution in [0.3, 0.4) is 0 Å². The van der Waals surface area contributed by atoms with E-state index < -0.39 is 0 Å². The van der Waals surface area contributed by atoms with Gasteiger partial charge in [0.05, 0.1) is 5.02 Å². The van der Waals surface area contributed by atoms with Crippen molar-refractivity contribution in [2.24, 2.45) is 0 Å². The summed E-state index contributed by atoms with van der Waals surface area (Å²) in [6, 6.07) is 5.52. The summed E-state index contributed by atoms with van der Waals surface area (Å²) in [5.41, 5.74) is 0. The fourth-order valence-electron chi connectivity index (χ4n) is 0.902. The molecule has 0 aliphatic carbocycles. The summed E-state index contributed by atoms with van der Waals surface area (Å²) < 4.78 is 6.47. The van der Waals surface area contributed by atoms with Gasteiger partial charge in [-0.3, -0.25) is 0 Å². The molecule has 0 spiro atoms. The van der Waals surface area contributed by atoms with Crippen molar-refractivity contribution in [3.05, 3.63) is 38.4 Å². The third-order valence-electron chi connectivity index (χ3n) is 1.51. The molecule has 0 saturated carbocycles. The van der Waals surface area contributed by atoms with Gasteiger partial charge in [-0.2, -0.15) is 0 Å². The summed E-state index contributed by atoms with van der Waals surface area (Å²) in [4.78, 5) is 4.02. The maximum absolute atomic E-state index is 5.89. The Morgan fingerprint density at radius 3 is 2.93 bits per heavy atom. The molecule has 1 aromatic heterocycles. The largest absolute Gasteiger partial charge is 0.431 e. The van der Waals surface area contributed by atoms with Crippen LogP contribution in [0, 0.1) is 3.57 Å². The van der Waals surface area contributed by atoms with Crippen molar-refractivity contribution in [2.45, 2.75) is 0 Å². The Kier molecular flexibility index (Phi) is 3.25. The lowest BCUT2D eigenvalue weighted by Gasteiger charge is -2.02. The van der Waals surface area contributed by atoms with Gasteiger partial charge in [0.15, 0.2) is 0 Å². The Balaban J connectivity index is 2.22. The minimum atomic E-state index is 0.642. The predicted molar refractivity (Wildman–Crippen MR) is 66.4 cm³/mol. The van der Waals surface area contributed by atoms with E-state index in [9.17, 15) is 0 Å². The number of rotatable bonds is 2. The molecule has 0 saturated heterocycles. The second kappa shape index (κ2) is 4.46. The number of ether oxygens (including phenoxy) is 1. The number of thiazole rings is 1. The Morgan fingerprint density at radius 2 is 2.29 bits per heavy atom. The molecule has 5 heteroatoms. The molecular weight excluding hydrogens is 333 g/mol. The van der Waals surface area contributed by atoms with E-state index in [2.05, 4.69) is 27.6 Å². The number of halogens is 2. The molecule has 1 heterocycles. The Bertz CT molecular complexity index is 432. The van der Waals surface area contributed by atoms with Gasteiger partial charge in [-0.25, -0.2) is 4.98 Å². The zero-order valence-electron chi connectivity index (χ0n) is 6.91. The fourth-order valence-corrected chi connectivity index (χ4v) is 2.01. The average Bonchev–Trinajstić information content (AvgIpc) is 2.64. The van der Waals surface area contributed by atoms with Gasteiger partial charge in [0.25, 0.3) is 5.19 Å². The van der Waals surface area contributed by atoms with E-state index in [4.69, 9.17) is 16.3 Å². The van der Waals surface area contributed by atoms with Gasteiger partial charge in [-0.15, -0.1) is 0 Å². The molecule has 0 amide bonds. The second-order valence-corrected chi connectivity index (χ2v) is 4.90. The van der Waals surface area contributed by atoms with Crippen LogP contribution in [0.2, 0.25) is 5.02 Å². The van der Waals surface area contributed by atoms with E-state index in [0.29, 0.717) is 5.19 Å². The first-order valence-corrected chi connectivity index (χ1v) is 6.12. The van der Waals surface area contributed by atoms with Crippen molar-refractivity contribution < 1.29 is 4.74 Å². The Hall–Kier alpha value is -0.330. The molecule has 0 N–H and O–H groups in total. The maximum atomic E-state index is 5.89. The molecule has 1 aromatic carbocycles. The van der Waals surface area contributed by atoms with Gasteiger partial charge in [-0.1, -0.05) is 22.9 Å². The van der Waals surface area contributed by atoms with Gasteiger partial charge in [0.1, 0.15) is 5.75 Å². The summed E-state index contributed by atoms with van der Waals surface area (Å²) in [7, 11) is 0. The number of aromatic nitrogens is 1. The summed E-state index contributed by atoms with van der Waals surface area (Å²) in [5, 5.41) is 3.25. The first-order valence-electron chi connectivity index (χ1n) is 3.78. The standard InChI is InChI=1S/C9H5ClINOS/c10-7-2-1-6(5-8(7)11)13-9-12-3-4-14-9/h1-5H. The van der Waals surface area contributed by atoms with Gasteiger partial charge in [-0.05, 0) is 40.8 Å². The quantitative estimate of drug-likeness (QED) is 0.767. The number of nitrogens with zero attached hydrogens (tertiary/aromatic N) is 1. The summed E-state index contributed by atoms with van der Waals surface area (Å²) in [5.74, 6) is 0.758. The van der Waals surface area contributed by atoms with Crippen molar-refractivity contribution >= 4 is 45.5 Å². The molecule has 14 heavy (non-hydrogen) atoms. The molecule has 0 bridgehead atoms. The molecule has 2 rings (SSSR count). The molecule has 72 valence electrons. The highest BCUT2D eigenvalue weighted by atomic mass is 127. The lowest BCUT2D eigenvalue weighted by molar-refractivity contribution is 0.478. The van der Waals surface area contributed by atoms with Crippen molar-refractivity contribution in [3.63, 3.8) is 0 Å². The average molecular weight is 338 g/mol. The van der Waals surface area contributed by atoms with Crippen LogP contribution in [0.25, 0.3) is 0 Å². The normalized spacial score (nSPS) is 10.1. The van der Waals surface area contributed by atoms with Crippen LogP contribution in [-0.4, -0.2) is 4.98 Å². The van der Waals surface area contributed by atoms with Gasteiger partial charge in [0.2, 0.25) is 0 Å². The zero-order chi connectivity index (χ0) is 9.97.